The van der Waals surface area contributed by atoms with Crippen LogP contribution in [0.1, 0.15) is 53.4 Å². The highest BCUT2D eigenvalue weighted by atomic mass is 16.7. The van der Waals surface area contributed by atoms with Crippen LogP contribution in [0.15, 0.2) is 24.4 Å². The lowest BCUT2D eigenvalue weighted by Crippen LogP contribution is -2.48. The Morgan fingerprint density at radius 1 is 1.09 bits per heavy atom. The molecule has 3 heterocycles. The molecule has 22 heavy (non-hydrogen) atoms. The third kappa shape index (κ3) is 2.89. The molecule has 2 fully saturated rings. The van der Waals surface area contributed by atoms with Gasteiger partial charge in [-0.15, -0.1) is 0 Å². The van der Waals surface area contributed by atoms with Crippen LogP contribution < -0.4 is 4.90 Å². The molecule has 1 atom stereocenters. The zero-order valence-electron chi connectivity index (χ0n) is 14.2. The first-order valence-electron chi connectivity index (χ1n) is 8.44. The van der Waals surface area contributed by atoms with Gasteiger partial charge in [0.2, 0.25) is 0 Å². The predicted molar refractivity (Wildman–Crippen MR) is 89.9 cm³/mol. The van der Waals surface area contributed by atoms with Gasteiger partial charge in [-0.25, -0.2) is 4.98 Å². The summed E-state index contributed by atoms with van der Waals surface area (Å²) in [6, 6.07) is 6.10. The maximum absolute atomic E-state index is 6.32. The molecular weight excluding hydrogens is 275 g/mol. The largest absolute Gasteiger partial charge is 0.482 e. The van der Waals surface area contributed by atoms with Gasteiger partial charge in [-0.2, -0.15) is 0 Å². The Bertz CT molecular complexity index is 491. The molecule has 2 aliphatic rings. The Kier molecular flexibility index (Phi) is 4.21. The third-order valence-electron chi connectivity index (χ3n) is 5.33. The first-order valence-corrected chi connectivity index (χ1v) is 8.44. The molecule has 3 rings (SSSR count). The predicted octanol–water partition coefficient (Wildman–Crippen LogP) is 3.46. The van der Waals surface area contributed by atoms with Crippen molar-refractivity contribution in [3.05, 3.63) is 24.4 Å². The second-order valence-electron chi connectivity index (χ2n) is 7.42. The molecule has 5 heteroatoms. The Labute approximate surface area is 134 Å². The monoisotopic (exact) mass is 302 g/mol. The van der Waals surface area contributed by atoms with Crippen LogP contribution >= 0.6 is 0 Å². The molecule has 120 valence electrons. The van der Waals surface area contributed by atoms with Crippen LogP contribution in [0.25, 0.3) is 0 Å². The number of rotatable bonds is 2. The van der Waals surface area contributed by atoms with Crippen molar-refractivity contribution in [3.63, 3.8) is 0 Å². The Morgan fingerprint density at radius 2 is 1.82 bits per heavy atom. The van der Waals surface area contributed by atoms with Crippen molar-refractivity contribution in [1.82, 2.24) is 4.98 Å². The van der Waals surface area contributed by atoms with Gasteiger partial charge in [0, 0.05) is 12.7 Å². The average Bonchev–Trinajstić information content (AvgIpc) is 2.65. The fourth-order valence-electron chi connectivity index (χ4n) is 3.27. The first-order chi connectivity index (χ1) is 10.4. The van der Waals surface area contributed by atoms with Gasteiger partial charge in [0.1, 0.15) is 5.82 Å². The van der Waals surface area contributed by atoms with E-state index in [4.69, 9.17) is 9.31 Å². The van der Waals surface area contributed by atoms with Crippen LogP contribution in [-0.4, -0.2) is 35.8 Å². The molecule has 1 aromatic heterocycles. The van der Waals surface area contributed by atoms with E-state index in [1.165, 1.54) is 19.3 Å². The fraction of sp³-hybridized carbons (Fsp3) is 0.706. The maximum atomic E-state index is 6.32. The van der Waals surface area contributed by atoms with Crippen LogP contribution in [0, 0.1) is 0 Å². The van der Waals surface area contributed by atoms with Gasteiger partial charge in [-0.1, -0.05) is 18.9 Å². The van der Waals surface area contributed by atoms with E-state index in [2.05, 4.69) is 49.7 Å². The molecule has 0 radical (unpaired) electrons. The quantitative estimate of drug-likeness (QED) is 0.784. The number of hydrogen-bond donors (Lipinski definition) is 0. The van der Waals surface area contributed by atoms with Crippen molar-refractivity contribution in [2.24, 2.45) is 0 Å². The summed E-state index contributed by atoms with van der Waals surface area (Å²) in [7, 11) is -0.190. The van der Waals surface area contributed by atoms with Crippen molar-refractivity contribution < 1.29 is 9.31 Å². The van der Waals surface area contributed by atoms with Gasteiger partial charge in [-0.05, 0) is 52.7 Å². The summed E-state index contributed by atoms with van der Waals surface area (Å²) in [6.07, 6.45) is 6.64. The summed E-state index contributed by atoms with van der Waals surface area (Å²) in [6.45, 7) is 9.50. The van der Waals surface area contributed by atoms with Crippen molar-refractivity contribution in [2.45, 2.75) is 70.5 Å². The molecule has 0 spiro atoms. The average molecular weight is 302 g/mol. The second-order valence-corrected chi connectivity index (χ2v) is 7.42. The van der Waals surface area contributed by atoms with E-state index < -0.39 is 0 Å². The van der Waals surface area contributed by atoms with Crippen LogP contribution in [0.3, 0.4) is 0 Å². The minimum atomic E-state index is -0.278. The van der Waals surface area contributed by atoms with Crippen molar-refractivity contribution >= 4 is 12.9 Å². The number of hydrogen-bond acceptors (Lipinski definition) is 4. The zero-order valence-corrected chi connectivity index (χ0v) is 14.2. The molecule has 2 aliphatic heterocycles. The molecule has 0 N–H and O–H groups in total. The van der Waals surface area contributed by atoms with Crippen LogP contribution in [-0.2, 0) is 9.31 Å². The molecule has 0 saturated carbocycles. The molecule has 0 bridgehead atoms. The summed E-state index contributed by atoms with van der Waals surface area (Å²) >= 11 is 0. The highest BCUT2D eigenvalue weighted by Gasteiger charge is 2.55. The molecular formula is C17H27BN2O2. The van der Waals surface area contributed by atoms with E-state index in [1.807, 2.05) is 12.3 Å². The minimum absolute atomic E-state index is 0.190. The first kappa shape index (κ1) is 15.8. The molecule has 0 amide bonds. The molecule has 1 aromatic rings. The molecule has 4 nitrogen and oxygen atoms in total. The lowest BCUT2D eigenvalue weighted by Gasteiger charge is -2.32. The summed E-state index contributed by atoms with van der Waals surface area (Å²) in [4.78, 5) is 6.94. The smallest absolute Gasteiger partial charge is 0.402 e. The van der Waals surface area contributed by atoms with E-state index in [0.717, 1.165) is 18.8 Å². The van der Waals surface area contributed by atoms with E-state index in [-0.39, 0.29) is 24.3 Å². The number of nitrogens with zero attached hydrogens (tertiary/aromatic N) is 2. The van der Waals surface area contributed by atoms with Gasteiger partial charge >= 0.3 is 7.12 Å². The second kappa shape index (κ2) is 5.86. The summed E-state index contributed by atoms with van der Waals surface area (Å²) < 4.78 is 12.6. The van der Waals surface area contributed by atoms with E-state index in [9.17, 15) is 0 Å². The lowest BCUT2D eigenvalue weighted by atomic mass is 9.74. The van der Waals surface area contributed by atoms with Gasteiger partial charge in [0.15, 0.2) is 0 Å². The maximum Gasteiger partial charge on any atom is 0.482 e. The van der Waals surface area contributed by atoms with Gasteiger partial charge in [-0.3, -0.25) is 0 Å². The fourth-order valence-corrected chi connectivity index (χ4v) is 3.27. The number of pyridine rings is 1. The molecule has 0 aromatic carbocycles. The van der Waals surface area contributed by atoms with Crippen molar-refractivity contribution in [2.75, 3.05) is 11.4 Å². The highest BCUT2D eigenvalue weighted by Crippen LogP contribution is 2.39. The van der Waals surface area contributed by atoms with Gasteiger partial charge in [0.25, 0.3) is 0 Å². The standard InChI is InChI=1S/C17H27BN2O2/c1-16(2)17(3,4)22-18(21-16)14-10-6-5-9-13-20(14)15-11-7-8-12-19-15/h7-8,11-12,14H,5-6,9-10,13H2,1-4H3. The molecule has 1 unspecified atom stereocenters. The third-order valence-corrected chi connectivity index (χ3v) is 5.33. The Morgan fingerprint density at radius 3 is 2.45 bits per heavy atom. The Balaban J connectivity index is 1.86. The van der Waals surface area contributed by atoms with E-state index in [1.54, 1.807) is 0 Å². The SMILES string of the molecule is CC1(C)OB(C2CCCCCN2c2ccccn2)OC1(C)C. The lowest BCUT2D eigenvalue weighted by molar-refractivity contribution is 0.00578. The summed E-state index contributed by atoms with van der Waals surface area (Å²) in [5.74, 6) is 1.27. The van der Waals surface area contributed by atoms with Crippen molar-refractivity contribution in [3.8, 4) is 0 Å². The van der Waals surface area contributed by atoms with Crippen molar-refractivity contribution in [1.29, 1.82) is 0 Å². The summed E-state index contributed by atoms with van der Waals surface area (Å²) in [5, 5.41) is 0. The summed E-state index contributed by atoms with van der Waals surface area (Å²) in [5.41, 5.74) is -0.556. The topological polar surface area (TPSA) is 34.6 Å². The molecule has 0 aliphatic carbocycles. The van der Waals surface area contributed by atoms with Crippen LogP contribution in [0.2, 0.25) is 0 Å². The van der Waals surface area contributed by atoms with Crippen LogP contribution in [0.5, 0.6) is 0 Å². The number of anilines is 1. The highest BCUT2D eigenvalue weighted by molar-refractivity contribution is 6.48. The molecule has 2 saturated heterocycles. The van der Waals surface area contributed by atoms with Gasteiger partial charge in [0.05, 0.1) is 17.1 Å². The minimum Gasteiger partial charge on any atom is -0.402 e. The van der Waals surface area contributed by atoms with Gasteiger partial charge < -0.3 is 14.2 Å². The van der Waals surface area contributed by atoms with E-state index >= 15 is 0 Å². The number of aromatic nitrogens is 1. The Hall–Kier alpha value is -1.07. The zero-order chi connectivity index (χ0) is 15.8. The normalized spacial score (nSPS) is 27.7. The van der Waals surface area contributed by atoms with Crippen LogP contribution in [0.4, 0.5) is 5.82 Å². The van der Waals surface area contributed by atoms with E-state index in [0.29, 0.717) is 0 Å².